The Morgan fingerprint density at radius 1 is 1.17 bits per heavy atom. The van der Waals surface area contributed by atoms with E-state index in [1.54, 1.807) is 23.1 Å². The first-order valence-electron chi connectivity index (χ1n) is 10.1. The summed E-state index contributed by atoms with van der Waals surface area (Å²) in [5, 5.41) is 2.80. The summed E-state index contributed by atoms with van der Waals surface area (Å²) in [5.74, 6) is 0.219. The third-order valence-electron chi connectivity index (χ3n) is 5.46. The van der Waals surface area contributed by atoms with Gasteiger partial charge in [-0.25, -0.2) is 14.2 Å². The van der Waals surface area contributed by atoms with Gasteiger partial charge >= 0.3 is 6.03 Å². The fourth-order valence-corrected chi connectivity index (χ4v) is 3.84. The Morgan fingerprint density at radius 3 is 2.67 bits per heavy atom. The Balaban J connectivity index is 1.32. The van der Waals surface area contributed by atoms with Crippen molar-refractivity contribution in [2.75, 3.05) is 50.4 Å². The molecule has 2 amide bonds. The van der Waals surface area contributed by atoms with Gasteiger partial charge < -0.3 is 20.1 Å². The second kappa shape index (κ2) is 9.27. The van der Waals surface area contributed by atoms with E-state index in [1.165, 1.54) is 18.3 Å². The molecule has 3 N–H and O–H groups in total. The van der Waals surface area contributed by atoms with Crippen LogP contribution in [0.4, 0.5) is 20.7 Å². The van der Waals surface area contributed by atoms with Crippen LogP contribution < -0.4 is 15.8 Å². The molecule has 160 valence electrons. The van der Waals surface area contributed by atoms with Crippen LogP contribution in [0.3, 0.4) is 0 Å². The van der Waals surface area contributed by atoms with Crippen LogP contribution in [0.2, 0.25) is 0 Å². The van der Waals surface area contributed by atoms with Gasteiger partial charge in [-0.2, -0.15) is 0 Å². The monoisotopic (exact) mass is 415 g/mol. The van der Waals surface area contributed by atoms with Crippen LogP contribution in [0.1, 0.15) is 12.8 Å². The maximum Gasteiger partial charge on any atom is 0.323 e. The summed E-state index contributed by atoms with van der Waals surface area (Å²) < 4.78 is 24.9. The molecule has 2 saturated heterocycles. The number of carbonyl (C=O) groups excluding carboxylic acids is 1. The van der Waals surface area contributed by atoms with Crippen molar-refractivity contribution in [2.24, 2.45) is 0 Å². The number of nitrogen functional groups attached to an aromatic ring is 1. The largest absolute Gasteiger partial charge is 0.454 e. The zero-order chi connectivity index (χ0) is 20.9. The number of rotatable bonds is 4. The lowest BCUT2D eigenvalue weighted by molar-refractivity contribution is 0.00419. The Hall–Kier alpha value is -2.91. The molecule has 30 heavy (non-hydrogen) atoms. The van der Waals surface area contributed by atoms with Crippen molar-refractivity contribution >= 4 is 17.5 Å². The summed E-state index contributed by atoms with van der Waals surface area (Å²) in [6.07, 6.45) is 3.39. The summed E-state index contributed by atoms with van der Waals surface area (Å²) >= 11 is 0. The van der Waals surface area contributed by atoms with E-state index in [4.69, 9.17) is 15.2 Å². The third-order valence-corrected chi connectivity index (χ3v) is 5.46. The molecule has 2 aromatic rings. The van der Waals surface area contributed by atoms with Gasteiger partial charge in [-0.1, -0.05) is 0 Å². The molecule has 0 aliphatic carbocycles. The number of likely N-dealkylation sites (tertiary alicyclic amines) is 1. The molecular weight excluding hydrogens is 389 g/mol. The number of aromatic nitrogens is 1. The number of carbonyl (C=O) groups is 1. The fraction of sp³-hybridized carbons (Fsp3) is 0.429. The van der Waals surface area contributed by atoms with E-state index in [9.17, 15) is 9.18 Å². The molecule has 8 nitrogen and oxygen atoms in total. The molecule has 9 heteroatoms. The summed E-state index contributed by atoms with van der Waals surface area (Å²) in [5.41, 5.74) is 5.88. The van der Waals surface area contributed by atoms with Gasteiger partial charge in [0.15, 0.2) is 11.6 Å². The molecule has 0 bridgehead atoms. The maximum absolute atomic E-state index is 13.9. The number of anilines is 2. The number of urea groups is 1. The molecule has 0 atom stereocenters. The molecule has 1 aromatic heterocycles. The standard InChI is InChI=1S/C21H26FN5O3/c22-18-13-15(23)1-2-19(18)30-17-3-6-24-20(14-17)25-21(28)27-7-4-16(5-8-27)26-9-11-29-12-10-26/h1-3,6,13-14,16H,4-5,7-12,23H2,(H,24,25,28). The van der Waals surface area contributed by atoms with Crippen molar-refractivity contribution in [3.8, 4) is 11.5 Å². The van der Waals surface area contributed by atoms with Crippen LogP contribution in [0.5, 0.6) is 11.5 Å². The van der Waals surface area contributed by atoms with Crippen molar-refractivity contribution in [2.45, 2.75) is 18.9 Å². The number of nitrogens with two attached hydrogens (primary N) is 1. The zero-order valence-corrected chi connectivity index (χ0v) is 16.7. The predicted molar refractivity (Wildman–Crippen MR) is 111 cm³/mol. The molecule has 2 aliphatic heterocycles. The topological polar surface area (TPSA) is 93.0 Å². The number of ether oxygens (including phenoxy) is 2. The van der Waals surface area contributed by atoms with Crippen molar-refractivity contribution in [3.63, 3.8) is 0 Å². The number of benzene rings is 1. The average molecular weight is 415 g/mol. The number of piperidine rings is 1. The number of hydrogen-bond acceptors (Lipinski definition) is 6. The summed E-state index contributed by atoms with van der Waals surface area (Å²) in [6, 6.07) is 7.68. The number of halogens is 1. The molecule has 0 unspecified atom stereocenters. The van der Waals surface area contributed by atoms with E-state index in [2.05, 4.69) is 15.2 Å². The van der Waals surface area contributed by atoms with Gasteiger partial charge in [-0.15, -0.1) is 0 Å². The minimum absolute atomic E-state index is 0.0536. The van der Waals surface area contributed by atoms with Gasteiger partial charge in [-0.05, 0) is 31.0 Å². The lowest BCUT2D eigenvalue weighted by Gasteiger charge is -2.39. The van der Waals surface area contributed by atoms with Crippen LogP contribution in [0.15, 0.2) is 36.5 Å². The maximum atomic E-state index is 13.9. The van der Waals surface area contributed by atoms with E-state index in [0.717, 1.165) is 39.1 Å². The number of nitrogens with one attached hydrogen (secondary N) is 1. The molecule has 3 heterocycles. The highest BCUT2D eigenvalue weighted by Gasteiger charge is 2.28. The van der Waals surface area contributed by atoms with Gasteiger partial charge in [-0.3, -0.25) is 10.2 Å². The molecular formula is C21H26FN5O3. The zero-order valence-electron chi connectivity index (χ0n) is 16.7. The van der Waals surface area contributed by atoms with Gasteiger partial charge in [0.2, 0.25) is 0 Å². The Kier molecular flexibility index (Phi) is 6.29. The van der Waals surface area contributed by atoms with Crippen molar-refractivity contribution in [1.82, 2.24) is 14.8 Å². The first kappa shape index (κ1) is 20.4. The van der Waals surface area contributed by atoms with Crippen LogP contribution in [0, 0.1) is 5.82 Å². The highest BCUT2D eigenvalue weighted by molar-refractivity contribution is 5.88. The molecule has 4 rings (SSSR count). The quantitative estimate of drug-likeness (QED) is 0.746. The lowest BCUT2D eigenvalue weighted by Crippen LogP contribution is -2.50. The van der Waals surface area contributed by atoms with E-state index < -0.39 is 5.82 Å². The summed E-state index contributed by atoms with van der Waals surface area (Å²) in [7, 11) is 0. The van der Waals surface area contributed by atoms with Crippen LogP contribution in [0.25, 0.3) is 0 Å². The molecule has 0 spiro atoms. The van der Waals surface area contributed by atoms with E-state index in [-0.39, 0.29) is 11.8 Å². The predicted octanol–water partition coefficient (Wildman–Crippen LogP) is 2.92. The highest BCUT2D eigenvalue weighted by Crippen LogP contribution is 2.27. The minimum atomic E-state index is -0.555. The van der Waals surface area contributed by atoms with E-state index >= 15 is 0 Å². The summed E-state index contributed by atoms with van der Waals surface area (Å²) in [4.78, 5) is 21.1. The number of hydrogen-bond donors (Lipinski definition) is 2. The first-order valence-corrected chi connectivity index (χ1v) is 10.1. The normalized spacial score (nSPS) is 18.2. The average Bonchev–Trinajstić information content (AvgIpc) is 2.77. The lowest BCUT2D eigenvalue weighted by atomic mass is 10.0. The van der Waals surface area contributed by atoms with Crippen LogP contribution in [-0.2, 0) is 4.74 Å². The molecule has 2 fully saturated rings. The Morgan fingerprint density at radius 2 is 1.93 bits per heavy atom. The minimum Gasteiger partial charge on any atom is -0.454 e. The number of pyridine rings is 1. The first-order chi connectivity index (χ1) is 14.6. The highest BCUT2D eigenvalue weighted by atomic mass is 19.1. The number of amides is 2. The van der Waals surface area contributed by atoms with Gasteiger partial charge in [0.05, 0.1) is 13.2 Å². The van der Waals surface area contributed by atoms with Gasteiger partial charge in [0.25, 0.3) is 0 Å². The van der Waals surface area contributed by atoms with E-state index in [1.807, 2.05) is 0 Å². The van der Waals surface area contributed by atoms with Crippen LogP contribution in [-0.4, -0.2) is 66.2 Å². The van der Waals surface area contributed by atoms with Crippen molar-refractivity contribution in [3.05, 3.63) is 42.3 Å². The molecule has 2 aliphatic rings. The second-order valence-electron chi connectivity index (χ2n) is 7.47. The Labute approximate surface area is 174 Å². The fourth-order valence-electron chi connectivity index (χ4n) is 3.84. The van der Waals surface area contributed by atoms with Crippen molar-refractivity contribution < 1.29 is 18.7 Å². The van der Waals surface area contributed by atoms with Gasteiger partial charge in [0.1, 0.15) is 11.6 Å². The SMILES string of the molecule is Nc1ccc(Oc2ccnc(NC(=O)N3CCC(N4CCOCC4)CC3)c2)c(F)c1. The smallest absolute Gasteiger partial charge is 0.323 e. The van der Waals surface area contributed by atoms with Gasteiger partial charge in [0, 0.05) is 56.2 Å². The third kappa shape index (κ3) is 4.98. The molecule has 1 aromatic carbocycles. The summed E-state index contributed by atoms with van der Waals surface area (Å²) in [6.45, 7) is 4.88. The molecule has 0 saturated carbocycles. The van der Waals surface area contributed by atoms with Crippen LogP contribution >= 0.6 is 0 Å². The van der Waals surface area contributed by atoms with Crippen molar-refractivity contribution in [1.29, 1.82) is 0 Å². The second-order valence-corrected chi connectivity index (χ2v) is 7.47. The number of morpholine rings is 1. The molecule has 0 radical (unpaired) electrons. The Bertz CT molecular complexity index is 883. The number of nitrogens with zero attached hydrogens (tertiary/aromatic N) is 3. The van der Waals surface area contributed by atoms with E-state index in [0.29, 0.717) is 36.4 Å².